The first-order valence-corrected chi connectivity index (χ1v) is 48.3. The first-order valence-electron chi connectivity index (χ1n) is 45.6. The van der Waals surface area contributed by atoms with E-state index in [0.717, 1.165) is 11.3 Å². The Balaban J connectivity index is -0.00000253. The van der Waals surface area contributed by atoms with Crippen molar-refractivity contribution in [2.75, 3.05) is 175 Å². The van der Waals surface area contributed by atoms with Gasteiger partial charge in [0.25, 0.3) is 0 Å². The van der Waals surface area contributed by atoms with Gasteiger partial charge >= 0.3 is 30.2 Å². The summed E-state index contributed by atoms with van der Waals surface area (Å²) in [5.41, 5.74) is 0.798. The molecule has 1 aromatic carbocycles. The maximum atomic E-state index is 14.5. The fraction of sp³-hybridized carbons (Fsp3) is 0.800. The fourth-order valence-corrected chi connectivity index (χ4v) is 14.4. The Kier molecular flexibility index (Phi) is 77.1. The number of hydrogen-bond acceptors (Lipinski definition) is 34. The van der Waals surface area contributed by atoms with E-state index in [2.05, 4.69) is 42.5 Å². The van der Waals surface area contributed by atoms with Gasteiger partial charge in [0.2, 0.25) is 41.4 Å². The summed E-state index contributed by atoms with van der Waals surface area (Å²) in [5, 5.41) is 74.3. The molecular formula is C90H167N11O32S2. The minimum Gasteiger partial charge on any atom is -0.481 e. The molecule has 0 bridgehead atoms. The Morgan fingerprint density at radius 1 is 0.519 bits per heavy atom. The van der Waals surface area contributed by atoms with Crippen LogP contribution in [0.1, 0.15) is 173 Å². The highest BCUT2D eigenvalue weighted by Crippen LogP contribution is 2.31. The maximum absolute atomic E-state index is 14.5. The number of rotatable bonds is 67. The van der Waals surface area contributed by atoms with E-state index in [0.29, 0.717) is 58.0 Å². The van der Waals surface area contributed by atoms with E-state index in [1.54, 1.807) is 45.4 Å². The second-order valence-corrected chi connectivity index (χ2v) is 34.8. The van der Waals surface area contributed by atoms with Gasteiger partial charge in [0, 0.05) is 114 Å². The van der Waals surface area contributed by atoms with Crippen LogP contribution in [0.4, 0.5) is 14.4 Å². The molecule has 0 aromatic heterocycles. The molecule has 1 aliphatic heterocycles. The van der Waals surface area contributed by atoms with Crippen LogP contribution in [-0.4, -0.2) is 389 Å². The number of carbonyl (C=O) groups is 12. The van der Waals surface area contributed by atoms with Crippen LogP contribution in [0.15, 0.2) is 30.3 Å². The first kappa shape index (κ1) is 131. The lowest BCUT2D eigenvalue weighted by molar-refractivity contribution is -0.181. The molecule has 135 heavy (non-hydrogen) atoms. The van der Waals surface area contributed by atoms with Gasteiger partial charge in [-0.25, -0.2) is 19.2 Å². The van der Waals surface area contributed by atoms with Crippen molar-refractivity contribution in [2.24, 2.45) is 23.7 Å². The van der Waals surface area contributed by atoms with Gasteiger partial charge < -0.3 is 149 Å². The number of aliphatic carboxylic acids is 1. The summed E-state index contributed by atoms with van der Waals surface area (Å²) in [6, 6.07) is 4.92. The van der Waals surface area contributed by atoms with E-state index in [-0.39, 0.29) is 191 Å². The SMILES string of the molecule is C.CCC(CO)OC(CO)OC.CCC(CO)OC(COC(=O)NCCC(=O)NCCSSC)OC.CCC(CO)OC(COC(=O)NCCC(=O)N[C@@H](C)C(=O)OCCCNC(=O)[C@@H](Cc1ccccc1)NC(=O)[C@H](C)[C@@H](OC)[C@@H]1CCCN1C(=O)C[C@@H](OC)[C@H]([C@@H](C)CC)N(C)C(=O)[C@@H](NC(=O)[C@H](C(C)C)N(C)C)C(C)C)OC.CCC(CO)OC(COC(=O)NCCC(=O)O)OC. The number of nitrogens with one attached hydrogen (secondary N) is 8. The number of hydrogen-bond donors (Lipinski definition) is 14. The lowest BCUT2D eigenvalue weighted by Gasteiger charge is -2.41. The zero-order chi connectivity index (χ0) is 102. The van der Waals surface area contributed by atoms with E-state index >= 15 is 0 Å². The highest BCUT2D eigenvalue weighted by atomic mass is 33.1. The van der Waals surface area contributed by atoms with E-state index in [9.17, 15) is 62.6 Å². The monoisotopic (exact) mass is 1980 g/mol. The van der Waals surface area contributed by atoms with Gasteiger partial charge in [-0.1, -0.05) is 142 Å². The van der Waals surface area contributed by atoms with Crippen molar-refractivity contribution in [1.29, 1.82) is 0 Å². The summed E-state index contributed by atoms with van der Waals surface area (Å²) in [4.78, 5) is 157. The minimum atomic E-state index is -1.01. The number of aliphatic hydroxyl groups is 5. The molecule has 8 unspecified atom stereocenters. The van der Waals surface area contributed by atoms with Crippen LogP contribution < -0.4 is 42.5 Å². The number of carboxylic acids is 1. The predicted octanol–water partition coefficient (Wildman–Crippen LogP) is 4.10. The molecule has 18 atom stereocenters. The van der Waals surface area contributed by atoms with Crippen LogP contribution in [0.5, 0.6) is 0 Å². The number of carbonyl (C=O) groups excluding carboxylic acids is 11. The number of esters is 1. The van der Waals surface area contributed by atoms with Crippen molar-refractivity contribution in [3.63, 3.8) is 0 Å². The number of likely N-dealkylation sites (N-methyl/N-ethyl adjacent to an activating group) is 2. The number of carboxylic acid groups (broad SMARTS) is 1. The van der Waals surface area contributed by atoms with Crippen LogP contribution in [0.2, 0.25) is 0 Å². The van der Waals surface area contributed by atoms with E-state index in [1.807, 2.05) is 125 Å². The van der Waals surface area contributed by atoms with Crippen LogP contribution in [-0.2, 0) is 116 Å². The zero-order valence-corrected chi connectivity index (χ0v) is 84.5. The molecule has 1 heterocycles. The second-order valence-electron chi connectivity index (χ2n) is 32.1. The Morgan fingerprint density at radius 3 is 1.40 bits per heavy atom. The van der Waals surface area contributed by atoms with Gasteiger partial charge in [0.1, 0.15) is 37.9 Å². The molecule has 10 amide bonds. The average molecular weight is 1980 g/mol. The van der Waals surface area contributed by atoms with Crippen LogP contribution in [0, 0.1) is 23.7 Å². The highest BCUT2D eigenvalue weighted by molar-refractivity contribution is 8.76. The number of nitrogens with zero attached hydrogens (tertiary/aromatic N) is 3. The third-order valence-electron chi connectivity index (χ3n) is 21.2. The van der Waals surface area contributed by atoms with Crippen molar-refractivity contribution < 1.29 is 154 Å². The molecule has 14 N–H and O–H groups in total. The Labute approximate surface area is 807 Å². The normalized spacial score (nSPS) is 16.0. The standard InChI is InChI=1S/C57H98N8O15.C14H28N2O6S2.C11H21NO7.C7H16O4.CH4/c1-16-37(7)50(64(12)55(72)48(35(3)4)62-54(71)49(36(5)6)63(10)11)44(75-13)32-46(68)65-29-21-25-43(65)51(77-15)38(8)52(69)61-42(31-40-23-19-18-20-24-40)53(70)58-27-22-30-78-56(73)39(9)60-45(67)26-28-59-57(74)79-34-47(76-14)80-41(17-2)33-66;1-4-11(9-17)22-13(20-2)10-21-14(19)16-6-5-12(18)15-7-8-24-23-3;1-3-8(6-13)19-10(17-2)7-18-11(16)12-5-4-9(14)15;1-3-6(4-8)11-7(5-9)10-2;/h18-20,23-24,35-39,41-44,47-51,66H,16-17,21-22,25-34H2,1-15H3,(H,58,70)(H,59,74)(H,60,67)(H,61,69)(H,62,71);11,13,17H,4-10H2,1-3H3,(H,15,18)(H,16,19);8,10,13H,3-7H2,1-2H3,(H,12,16)(H,14,15);6-9H,3-5H2,1-2H3;1H4/t37-,38+,39-,41?,42+,43-,44+,47?,48-,49-,50-,51+;;;;/m0..../s1. The van der Waals surface area contributed by atoms with Crippen molar-refractivity contribution in [2.45, 2.75) is 272 Å². The van der Waals surface area contributed by atoms with Crippen molar-refractivity contribution in [3.05, 3.63) is 35.9 Å². The van der Waals surface area contributed by atoms with Gasteiger partial charge in [-0.2, -0.15) is 0 Å². The lowest BCUT2D eigenvalue weighted by atomic mass is 9.89. The number of amides is 10. The summed E-state index contributed by atoms with van der Waals surface area (Å²) in [6.45, 7) is 22.2. The molecule has 45 heteroatoms. The predicted molar refractivity (Wildman–Crippen MR) is 508 cm³/mol. The fourth-order valence-electron chi connectivity index (χ4n) is 13.3. The van der Waals surface area contributed by atoms with Gasteiger partial charge in [0.05, 0.1) is 113 Å². The van der Waals surface area contributed by atoms with Crippen molar-refractivity contribution >= 4 is 93.2 Å². The number of likely N-dealkylation sites (tertiary alicyclic amines) is 1. The molecule has 1 saturated heterocycles. The Morgan fingerprint density at radius 2 is 0.993 bits per heavy atom. The molecule has 1 aromatic rings. The average Bonchev–Trinajstić information content (AvgIpc) is 1.12. The van der Waals surface area contributed by atoms with Gasteiger partial charge in [-0.15, -0.1) is 0 Å². The molecule has 0 radical (unpaired) electrons. The topological polar surface area (TPSA) is 561 Å². The minimum absolute atomic E-state index is 0. The third kappa shape index (κ3) is 56.8. The van der Waals surface area contributed by atoms with Crippen molar-refractivity contribution in [1.82, 2.24) is 57.2 Å². The quantitative estimate of drug-likeness (QED) is 0.0143. The highest BCUT2D eigenvalue weighted by Gasteiger charge is 2.44. The smallest absolute Gasteiger partial charge is 0.407 e. The summed E-state index contributed by atoms with van der Waals surface area (Å²) in [7, 11) is 17.3. The maximum Gasteiger partial charge on any atom is 0.407 e. The van der Waals surface area contributed by atoms with E-state index in [1.165, 1.54) is 49.6 Å². The first-order chi connectivity index (χ1) is 63.8. The van der Waals surface area contributed by atoms with Gasteiger partial charge in [0.15, 0.2) is 25.2 Å². The van der Waals surface area contributed by atoms with Crippen molar-refractivity contribution in [3.8, 4) is 0 Å². The van der Waals surface area contributed by atoms with E-state index < -0.39 is 134 Å². The summed E-state index contributed by atoms with van der Waals surface area (Å²) < 4.78 is 73.4. The van der Waals surface area contributed by atoms with E-state index in [4.69, 9.17) is 91.8 Å². The molecule has 786 valence electrons. The van der Waals surface area contributed by atoms with Crippen LogP contribution in [0.3, 0.4) is 0 Å². The molecule has 43 nitrogen and oxygen atoms in total. The molecule has 0 aliphatic carbocycles. The Bertz CT molecular complexity index is 3340. The second kappa shape index (κ2) is 79.1. The summed E-state index contributed by atoms with van der Waals surface area (Å²) in [6.07, 6.45) is -1.65. The summed E-state index contributed by atoms with van der Waals surface area (Å²) in [5.74, 6) is -4.31. The van der Waals surface area contributed by atoms with Crippen LogP contribution in [0.25, 0.3) is 0 Å². The molecule has 1 fully saturated rings. The summed E-state index contributed by atoms with van der Waals surface area (Å²) >= 11 is 0. The molecule has 2 rings (SSSR count). The molecule has 0 saturated carbocycles. The number of alkyl carbamates (subject to hydrolysis) is 3. The molecule has 1 aliphatic rings. The largest absolute Gasteiger partial charge is 0.481 e. The van der Waals surface area contributed by atoms with Gasteiger partial charge in [-0.3, -0.25) is 43.3 Å². The third-order valence-corrected chi connectivity index (χ3v) is 23.0. The zero-order valence-electron chi connectivity index (χ0n) is 82.9. The lowest BCUT2D eigenvalue weighted by Crippen LogP contribution is -2.59. The number of ether oxygens (including phenoxy) is 14. The van der Waals surface area contributed by atoms with Gasteiger partial charge in [-0.05, 0) is 95.5 Å². The number of methoxy groups -OCH3 is 6. The number of benzene rings is 1. The molecular weight excluding hydrogens is 1810 g/mol. The number of aliphatic hydroxyl groups excluding tert-OH is 5. The molecule has 0 spiro atoms. The Hall–Kier alpha value is -7.68. The van der Waals surface area contributed by atoms with Crippen LogP contribution >= 0.6 is 21.6 Å².